The molecule has 1 aliphatic heterocycles. The van der Waals surface area contributed by atoms with E-state index < -0.39 is 11.9 Å². The van der Waals surface area contributed by atoms with Crippen molar-refractivity contribution in [1.29, 1.82) is 0 Å². The molecule has 5 heteroatoms. The van der Waals surface area contributed by atoms with E-state index in [1.165, 1.54) is 0 Å². The van der Waals surface area contributed by atoms with Crippen LogP contribution in [0.25, 0.3) is 0 Å². The minimum absolute atomic E-state index is 0.174. The molecule has 1 heterocycles. The molecule has 0 unspecified atom stereocenters. The Kier molecular flexibility index (Phi) is 5.12. The Morgan fingerprint density at radius 3 is 2.25 bits per heavy atom. The molecule has 0 bridgehead atoms. The summed E-state index contributed by atoms with van der Waals surface area (Å²) in [5.41, 5.74) is 7.97. The van der Waals surface area contributed by atoms with Crippen LogP contribution in [0.15, 0.2) is 24.3 Å². The number of carbonyl (C=O) groups is 2. The molecule has 108 valence electrons. The lowest BCUT2D eigenvalue weighted by atomic mass is 9.89. The Morgan fingerprint density at radius 1 is 1.05 bits per heavy atom. The molecular formula is C15H19NO4. The summed E-state index contributed by atoms with van der Waals surface area (Å²) in [6.45, 7) is 1.09. The van der Waals surface area contributed by atoms with Crippen LogP contribution < -0.4 is 5.73 Å². The zero-order chi connectivity index (χ0) is 14.4. The summed E-state index contributed by atoms with van der Waals surface area (Å²) in [6, 6.07) is 7.94. The minimum atomic E-state index is -0.525. The lowest BCUT2D eigenvalue weighted by Gasteiger charge is -2.21. The van der Waals surface area contributed by atoms with Crippen LogP contribution in [0.2, 0.25) is 0 Å². The standard InChI is InChI=1S/C15H19NO4/c16-10-12-3-1-2-4-13(12)11-5-7-19-14(17)9-15(18)20-8-6-11/h1-4,11H,5-10,16H2. The summed E-state index contributed by atoms with van der Waals surface area (Å²) < 4.78 is 10.1. The Hall–Kier alpha value is -1.88. The van der Waals surface area contributed by atoms with E-state index in [4.69, 9.17) is 15.2 Å². The average molecular weight is 277 g/mol. The molecule has 1 aromatic rings. The number of ether oxygens (including phenoxy) is 2. The fourth-order valence-corrected chi connectivity index (χ4v) is 2.42. The van der Waals surface area contributed by atoms with Crippen LogP contribution in [-0.2, 0) is 25.6 Å². The number of rotatable bonds is 2. The molecule has 0 radical (unpaired) electrons. The first-order valence-electron chi connectivity index (χ1n) is 6.80. The van der Waals surface area contributed by atoms with E-state index in [1.807, 2.05) is 24.3 Å². The van der Waals surface area contributed by atoms with Gasteiger partial charge in [-0.2, -0.15) is 0 Å². The molecule has 0 aromatic heterocycles. The fraction of sp³-hybridized carbons (Fsp3) is 0.467. The third kappa shape index (κ3) is 3.81. The minimum Gasteiger partial charge on any atom is -0.465 e. The van der Waals surface area contributed by atoms with Crippen molar-refractivity contribution in [2.75, 3.05) is 13.2 Å². The second-order valence-corrected chi connectivity index (χ2v) is 4.79. The van der Waals surface area contributed by atoms with Crippen molar-refractivity contribution in [3.8, 4) is 0 Å². The Bertz CT molecular complexity index is 467. The zero-order valence-electron chi connectivity index (χ0n) is 11.3. The van der Waals surface area contributed by atoms with Gasteiger partial charge in [-0.1, -0.05) is 24.3 Å². The highest BCUT2D eigenvalue weighted by atomic mass is 16.6. The number of hydrogen-bond donors (Lipinski definition) is 1. The zero-order valence-corrected chi connectivity index (χ0v) is 11.3. The first kappa shape index (κ1) is 14.5. The maximum absolute atomic E-state index is 11.3. The quantitative estimate of drug-likeness (QED) is 0.654. The normalized spacial score (nSPS) is 18.2. The molecule has 2 rings (SSSR count). The van der Waals surface area contributed by atoms with Crippen LogP contribution in [0.5, 0.6) is 0 Å². The van der Waals surface area contributed by atoms with Crippen molar-refractivity contribution in [3.05, 3.63) is 35.4 Å². The van der Waals surface area contributed by atoms with Gasteiger partial charge in [0.2, 0.25) is 0 Å². The lowest BCUT2D eigenvalue weighted by molar-refractivity contribution is -0.155. The second kappa shape index (κ2) is 7.05. The van der Waals surface area contributed by atoms with Crippen LogP contribution in [0, 0.1) is 0 Å². The van der Waals surface area contributed by atoms with Gasteiger partial charge in [-0.05, 0) is 29.9 Å². The first-order chi connectivity index (χ1) is 9.70. The Labute approximate surface area is 118 Å². The molecule has 1 saturated heterocycles. The van der Waals surface area contributed by atoms with Crippen molar-refractivity contribution < 1.29 is 19.1 Å². The van der Waals surface area contributed by atoms with Crippen LogP contribution in [0.3, 0.4) is 0 Å². The number of hydrogen-bond acceptors (Lipinski definition) is 5. The topological polar surface area (TPSA) is 78.6 Å². The van der Waals surface area contributed by atoms with Gasteiger partial charge < -0.3 is 15.2 Å². The number of nitrogens with two attached hydrogens (primary N) is 1. The highest BCUT2D eigenvalue weighted by Crippen LogP contribution is 2.27. The van der Waals surface area contributed by atoms with Crippen molar-refractivity contribution in [2.45, 2.75) is 31.7 Å². The van der Waals surface area contributed by atoms with Crippen molar-refractivity contribution in [2.24, 2.45) is 5.73 Å². The van der Waals surface area contributed by atoms with Gasteiger partial charge in [-0.25, -0.2) is 0 Å². The highest BCUT2D eigenvalue weighted by molar-refractivity contribution is 5.91. The van der Waals surface area contributed by atoms with Crippen LogP contribution in [0.4, 0.5) is 0 Å². The van der Waals surface area contributed by atoms with Gasteiger partial charge in [0, 0.05) is 6.54 Å². The predicted molar refractivity (Wildman–Crippen MR) is 72.8 cm³/mol. The van der Waals surface area contributed by atoms with E-state index in [0.717, 1.165) is 11.1 Å². The summed E-state index contributed by atoms with van der Waals surface area (Å²) in [7, 11) is 0. The maximum Gasteiger partial charge on any atom is 0.317 e. The summed E-state index contributed by atoms with van der Waals surface area (Å²) in [5, 5.41) is 0. The molecule has 20 heavy (non-hydrogen) atoms. The average Bonchev–Trinajstić information content (AvgIpc) is 2.45. The number of cyclic esters (lactones) is 2. The van der Waals surface area contributed by atoms with Gasteiger partial charge in [0.15, 0.2) is 0 Å². The van der Waals surface area contributed by atoms with Crippen molar-refractivity contribution in [1.82, 2.24) is 0 Å². The van der Waals surface area contributed by atoms with Gasteiger partial charge in [0.1, 0.15) is 6.42 Å². The van der Waals surface area contributed by atoms with Crippen molar-refractivity contribution >= 4 is 11.9 Å². The molecule has 0 atom stereocenters. The molecule has 1 aromatic carbocycles. The van der Waals surface area contributed by atoms with Gasteiger partial charge in [-0.15, -0.1) is 0 Å². The molecule has 0 amide bonds. The van der Waals surface area contributed by atoms with E-state index in [1.54, 1.807) is 0 Å². The Morgan fingerprint density at radius 2 is 1.65 bits per heavy atom. The smallest absolute Gasteiger partial charge is 0.317 e. The molecule has 5 nitrogen and oxygen atoms in total. The SMILES string of the molecule is NCc1ccccc1C1CCOC(=O)CC(=O)OCC1. The summed E-state index contributed by atoms with van der Waals surface area (Å²) in [6.07, 6.45) is 1.12. The molecule has 0 saturated carbocycles. The highest BCUT2D eigenvalue weighted by Gasteiger charge is 2.20. The molecule has 1 aliphatic rings. The number of benzene rings is 1. The maximum atomic E-state index is 11.3. The predicted octanol–water partition coefficient (Wildman–Crippen LogP) is 1.50. The van der Waals surface area contributed by atoms with Gasteiger partial charge >= 0.3 is 11.9 Å². The lowest BCUT2D eigenvalue weighted by Crippen LogP contribution is -2.20. The molecule has 2 N–H and O–H groups in total. The molecule has 1 fully saturated rings. The van der Waals surface area contributed by atoms with Gasteiger partial charge in [-0.3, -0.25) is 9.59 Å². The molecular weight excluding hydrogens is 258 g/mol. The van der Waals surface area contributed by atoms with Gasteiger partial charge in [0.25, 0.3) is 0 Å². The van der Waals surface area contributed by atoms with Crippen LogP contribution in [0.1, 0.15) is 36.3 Å². The van der Waals surface area contributed by atoms with Crippen LogP contribution >= 0.6 is 0 Å². The third-order valence-corrected chi connectivity index (χ3v) is 3.46. The van der Waals surface area contributed by atoms with E-state index in [0.29, 0.717) is 32.6 Å². The van der Waals surface area contributed by atoms with Gasteiger partial charge in [0.05, 0.1) is 13.2 Å². The van der Waals surface area contributed by atoms with E-state index in [-0.39, 0.29) is 12.3 Å². The molecule has 0 spiro atoms. The fourth-order valence-electron chi connectivity index (χ4n) is 2.42. The second-order valence-electron chi connectivity index (χ2n) is 4.79. The van der Waals surface area contributed by atoms with E-state index in [2.05, 4.69) is 0 Å². The number of carbonyl (C=O) groups excluding carboxylic acids is 2. The monoisotopic (exact) mass is 277 g/mol. The summed E-state index contributed by atoms with van der Waals surface area (Å²) >= 11 is 0. The van der Waals surface area contributed by atoms with Crippen molar-refractivity contribution in [3.63, 3.8) is 0 Å². The first-order valence-corrected chi connectivity index (χ1v) is 6.80. The summed E-state index contributed by atoms with van der Waals surface area (Å²) in [5.74, 6) is -0.876. The number of esters is 2. The Balaban J connectivity index is 2.12. The van der Waals surface area contributed by atoms with Crippen LogP contribution in [-0.4, -0.2) is 25.2 Å². The largest absolute Gasteiger partial charge is 0.465 e. The van der Waals surface area contributed by atoms with E-state index in [9.17, 15) is 9.59 Å². The van der Waals surface area contributed by atoms with E-state index >= 15 is 0 Å². The molecule has 0 aliphatic carbocycles. The summed E-state index contributed by atoms with van der Waals surface area (Å²) in [4.78, 5) is 22.7. The third-order valence-electron chi connectivity index (χ3n) is 3.46.